The molecule has 5 aliphatic rings. The van der Waals surface area contributed by atoms with Gasteiger partial charge in [0.25, 0.3) is 5.91 Å². The van der Waals surface area contributed by atoms with Gasteiger partial charge < -0.3 is 20.3 Å². The Balaban J connectivity index is 0.000000347. The topological polar surface area (TPSA) is 106 Å². The van der Waals surface area contributed by atoms with Gasteiger partial charge in [0.15, 0.2) is 5.69 Å². The van der Waals surface area contributed by atoms with Crippen molar-refractivity contribution in [3.63, 3.8) is 0 Å². The third kappa shape index (κ3) is 6.59. The molecule has 2 saturated heterocycles. The number of nitrogen functional groups attached to an aromatic ring is 1. The zero-order valence-corrected chi connectivity index (χ0v) is 29.9. The average molecular weight is 697 g/mol. The van der Waals surface area contributed by atoms with Crippen LogP contribution < -0.4 is 15.4 Å². The quantitative estimate of drug-likeness (QED) is 0.325. The summed E-state index contributed by atoms with van der Waals surface area (Å²) < 4.78 is 20.2. The lowest BCUT2D eigenvalue weighted by Crippen LogP contribution is -2.27. The first-order chi connectivity index (χ1) is 23.1. The van der Waals surface area contributed by atoms with Gasteiger partial charge in [-0.15, -0.1) is 11.8 Å². The fourth-order valence-corrected chi connectivity index (χ4v) is 9.48. The summed E-state index contributed by atoms with van der Waals surface area (Å²) in [7, 11) is 5.13. The summed E-state index contributed by atoms with van der Waals surface area (Å²) in [6.07, 6.45) is 6.83. The number of anilines is 2. The standard InChI is InChI=1S/C28H34ClN7O2S.C7H12FN/c1-15-22-13-35(8-5-9-36(22)33-25(15)27(37)34(2)3)26-19-14-39-23(12-21(19)31-28(32-26)38-4)18-10-17(30)11-20(29)24(18)16-6-7-16;8-6-4-7-2-1-3-9(7)5-6/h10-11,16,23H,5-9,12-14,30H2,1-4H3;6-7H,1-5H2. The number of fused-ring (bicyclic) bond motifs is 3. The van der Waals surface area contributed by atoms with Crippen LogP contribution >= 0.6 is 23.4 Å². The van der Waals surface area contributed by atoms with E-state index in [0.29, 0.717) is 42.4 Å². The number of hydrogen-bond acceptors (Lipinski definition) is 9. The van der Waals surface area contributed by atoms with Gasteiger partial charge in [-0.3, -0.25) is 14.4 Å². The zero-order chi connectivity index (χ0) is 33.7. The molecule has 3 atom stereocenters. The van der Waals surface area contributed by atoms with Crippen LogP contribution in [-0.2, 0) is 25.3 Å². The van der Waals surface area contributed by atoms with Gasteiger partial charge >= 0.3 is 6.01 Å². The van der Waals surface area contributed by atoms with Crippen LogP contribution in [0.2, 0.25) is 5.02 Å². The van der Waals surface area contributed by atoms with Crippen molar-refractivity contribution in [1.29, 1.82) is 0 Å². The molecule has 6 heterocycles. The first-order valence-electron chi connectivity index (χ1n) is 17.2. The van der Waals surface area contributed by atoms with Crippen molar-refractivity contribution >= 4 is 40.8 Å². The summed E-state index contributed by atoms with van der Waals surface area (Å²) in [5.74, 6) is 2.15. The SMILES string of the molecule is COc1nc2c(c(N3CCCn4nc(C(=O)N(C)C)c(C)c4C3)n1)CSC(c1cc(N)cc(Cl)c1C1CC1)C2.FC1CC2CCCN2C1. The van der Waals surface area contributed by atoms with Crippen molar-refractivity contribution < 1.29 is 13.9 Å². The number of nitrogens with zero attached hydrogens (tertiary/aromatic N) is 7. The Bertz CT molecular complexity index is 1690. The van der Waals surface area contributed by atoms with Crippen molar-refractivity contribution in [2.75, 3.05) is 51.5 Å². The number of rotatable bonds is 5. The number of aromatic nitrogens is 4. The van der Waals surface area contributed by atoms with Crippen molar-refractivity contribution in [3.8, 4) is 6.01 Å². The summed E-state index contributed by atoms with van der Waals surface area (Å²) in [5.41, 5.74) is 14.1. The van der Waals surface area contributed by atoms with E-state index in [4.69, 9.17) is 32.0 Å². The largest absolute Gasteiger partial charge is 0.467 e. The lowest BCUT2D eigenvalue weighted by atomic mass is 9.96. The molecule has 1 amide bonds. The average Bonchev–Trinajstić information content (AvgIpc) is 3.67. The summed E-state index contributed by atoms with van der Waals surface area (Å²) >= 11 is 8.60. The van der Waals surface area contributed by atoms with Crippen LogP contribution in [0.25, 0.3) is 0 Å². The molecule has 2 aromatic heterocycles. The molecule has 3 unspecified atom stereocenters. The van der Waals surface area contributed by atoms with Crippen LogP contribution in [-0.4, -0.2) is 88.5 Å². The minimum Gasteiger partial charge on any atom is -0.467 e. The lowest BCUT2D eigenvalue weighted by molar-refractivity contribution is 0.0820. The number of alkyl halides is 1. The molecule has 3 aromatic rings. The number of carbonyl (C=O) groups is 1. The zero-order valence-electron chi connectivity index (χ0n) is 28.3. The van der Waals surface area contributed by atoms with Crippen molar-refractivity contribution in [2.45, 2.75) is 94.1 Å². The van der Waals surface area contributed by atoms with E-state index >= 15 is 0 Å². The second kappa shape index (κ2) is 13.7. The molecule has 48 heavy (non-hydrogen) atoms. The van der Waals surface area contributed by atoms with E-state index in [2.05, 4.69) is 21.0 Å². The monoisotopic (exact) mass is 696 g/mol. The highest BCUT2D eigenvalue weighted by Gasteiger charge is 2.36. The van der Waals surface area contributed by atoms with Gasteiger partial charge in [0, 0.05) is 79.0 Å². The first kappa shape index (κ1) is 33.4. The third-order valence-corrected chi connectivity index (χ3v) is 12.0. The summed E-state index contributed by atoms with van der Waals surface area (Å²) in [6.45, 7) is 6.06. The number of benzene rings is 1. The number of aryl methyl sites for hydroxylation is 1. The van der Waals surface area contributed by atoms with Crippen LogP contribution in [0.3, 0.4) is 0 Å². The number of halogens is 2. The van der Waals surface area contributed by atoms with E-state index in [1.54, 1.807) is 26.1 Å². The Kier molecular flexibility index (Phi) is 9.51. The smallest absolute Gasteiger partial charge is 0.318 e. The van der Waals surface area contributed by atoms with Crippen LogP contribution in [0.1, 0.15) is 93.8 Å². The number of amides is 1. The van der Waals surface area contributed by atoms with Crippen LogP contribution in [0.15, 0.2) is 12.1 Å². The lowest BCUT2D eigenvalue weighted by Gasteiger charge is -2.31. The molecule has 13 heteroatoms. The fourth-order valence-electron chi connectivity index (χ4n) is 7.78. The van der Waals surface area contributed by atoms with Gasteiger partial charge in [0.05, 0.1) is 25.0 Å². The maximum absolute atomic E-state index is 12.7. The van der Waals surface area contributed by atoms with Crippen molar-refractivity contribution in [1.82, 2.24) is 29.5 Å². The summed E-state index contributed by atoms with van der Waals surface area (Å²) in [5, 5.41) is 5.68. The van der Waals surface area contributed by atoms with E-state index in [1.165, 1.54) is 36.8 Å². The van der Waals surface area contributed by atoms with Crippen LogP contribution in [0.5, 0.6) is 6.01 Å². The number of carbonyl (C=O) groups excluding carboxylic acids is 1. The second-order valence-corrected chi connectivity index (χ2v) is 15.6. The molecule has 1 aromatic carbocycles. The molecule has 1 saturated carbocycles. The van der Waals surface area contributed by atoms with Crippen LogP contribution in [0, 0.1) is 6.92 Å². The maximum Gasteiger partial charge on any atom is 0.318 e. The summed E-state index contributed by atoms with van der Waals surface area (Å²) in [4.78, 5) is 28.6. The Labute approximate surface area is 291 Å². The van der Waals surface area contributed by atoms with Gasteiger partial charge in [0.1, 0.15) is 12.0 Å². The Morgan fingerprint density at radius 2 is 1.96 bits per heavy atom. The molecule has 3 fully saturated rings. The van der Waals surface area contributed by atoms with Crippen molar-refractivity contribution in [3.05, 3.63) is 56.5 Å². The van der Waals surface area contributed by atoms with Gasteiger partial charge in [-0.05, 0) is 81.2 Å². The van der Waals surface area contributed by atoms with Gasteiger partial charge in [-0.2, -0.15) is 15.1 Å². The molecule has 10 nitrogen and oxygen atoms in total. The van der Waals surface area contributed by atoms with E-state index in [0.717, 1.165) is 78.0 Å². The Hall–Kier alpha value is -3.09. The predicted octanol–water partition coefficient (Wildman–Crippen LogP) is 5.94. The Morgan fingerprint density at radius 3 is 2.69 bits per heavy atom. The van der Waals surface area contributed by atoms with Crippen LogP contribution in [0.4, 0.5) is 15.9 Å². The molecule has 0 spiro atoms. The molecule has 8 rings (SSSR count). The molecular formula is C35H46ClFN8O2S. The molecule has 1 aliphatic carbocycles. The number of ether oxygens (including phenoxy) is 1. The number of nitrogens with two attached hydrogens (primary N) is 1. The molecular weight excluding hydrogens is 651 g/mol. The molecule has 2 N–H and O–H groups in total. The molecule has 0 radical (unpaired) electrons. The third-order valence-electron chi connectivity index (χ3n) is 10.4. The molecule has 4 aliphatic heterocycles. The fraction of sp³-hybridized carbons (Fsp3) is 0.600. The van der Waals surface area contributed by atoms with E-state index in [1.807, 2.05) is 29.4 Å². The number of thioether (sulfide) groups is 1. The van der Waals surface area contributed by atoms with Gasteiger partial charge in [0.2, 0.25) is 0 Å². The highest BCUT2D eigenvalue weighted by molar-refractivity contribution is 7.98. The minimum absolute atomic E-state index is 0.0737. The summed E-state index contributed by atoms with van der Waals surface area (Å²) in [6, 6.07) is 4.97. The Morgan fingerprint density at radius 1 is 1.15 bits per heavy atom. The van der Waals surface area contributed by atoms with Gasteiger partial charge in [-0.25, -0.2) is 4.39 Å². The molecule has 258 valence electrons. The van der Waals surface area contributed by atoms with Crippen molar-refractivity contribution in [2.24, 2.45) is 0 Å². The highest BCUT2D eigenvalue weighted by atomic mass is 35.5. The molecule has 0 bridgehead atoms. The highest BCUT2D eigenvalue weighted by Crippen LogP contribution is 2.52. The maximum atomic E-state index is 12.7. The van der Waals surface area contributed by atoms with E-state index < -0.39 is 6.17 Å². The predicted molar refractivity (Wildman–Crippen MR) is 189 cm³/mol. The normalized spacial score (nSPS) is 23.5. The first-order valence-corrected chi connectivity index (χ1v) is 18.6. The number of methoxy groups -OCH3 is 1. The minimum atomic E-state index is -0.518. The van der Waals surface area contributed by atoms with Gasteiger partial charge in [-0.1, -0.05) is 11.6 Å². The second-order valence-electron chi connectivity index (χ2n) is 14.0. The number of hydrogen-bond donors (Lipinski definition) is 1. The van der Waals surface area contributed by atoms with E-state index in [9.17, 15) is 9.18 Å². The van der Waals surface area contributed by atoms with E-state index in [-0.39, 0.29) is 11.2 Å².